The predicted molar refractivity (Wildman–Crippen MR) is 76.8 cm³/mol. The quantitative estimate of drug-likeness (QED) is 0.894. The summed E-state index contributed by atoms with van der Waals surface area (Å²) in [5, 5.41) is 5.06. The highest BCUT2D eigenvalue weighted by Crippen LogP contribution is 2.16. The van der Waals surface area contributed by atoms with Gasteiger partial charge in [0, 0.05) is 5.41 Å². The lowest BCUT2D eigenvalue weighted by atomic mass is 9.95. The topological polar surface area (TPSA) is 58.2 Å². The number of aryl methyl sites for hydroxylation is 1. The second-order valence-electron chi connectivity index (χ2n) is 5.92. The Morgan fingerprint density at radius 2 is 1.85 bits per heavy atom. The number of hydrogen-bond acceptors (Lipinski definition) is 2. The van der Waals surface area contributed by atoms with Gasteiger partial charge in [-0.3, -0.25) is 9.59 Å². The SMILES string of the molecule is Cc1ccc(NC(=O)C(C)NC(=O)C(C)(C)C)c(F)c1. The van der Waals surface area contributed by atoms with E-state index >= 15 is 0 Å². The number of anilines is 1. The van der Waals surface area contributed by atoms with Crippen LogP contribution >= 0.6 is 0 Å². The molecule has 0 radical (unpaired) electrons. The lowest BCUT2D eigenvalue weighted by Gasteiger charge is -2.21. The van der Waals surface area contributed by atoms with Crippen molar-refractivity contribution in [3.05, 3.63) is 29.6 Å². The Bertz CT molecular complexity index is 521. The van der Waals surface area contributed by atoms with Crippen LogP contribution in [0.4, 0.5) is 10.1 Å². The van der Waals surface area contributed by atoms with E-state index in [-0.39, 0.29) is 11.6 Å². The maximum absolute atomic E-state index is 13.6. The van der Waals surface area contributed by atoms with Gasteiger partial charge in [-0.2, -0.15) is 0 Å². The normalized spacial score (nSPS) is 12.7. The summed E-state index contributed by atoms with van der Waals surface area (Å²) in [5.41, 5.74) is 0.302. The van der Waals surface area contributed by atoms with E-state index in [1.165, 1.54) is 12.1 Å². The Kier molecular flexibility index (Phi) is 4.87. The summed E-state index contributed by atoms with van der Waals surface area (Å²) in [4.78, 5) is 23.7. The van der Waals surface area contributed by atoms with Crippen molar-refractivity contribution in [3.8, 4) is 0 Å². The molecule has 5 heteroatoms. The molecule has 0 fully saturated rings. The highest BCUT2D eigenvalue weighted by atomic mass is 19.1. The number of nitrogens with one attached hydrogen (secondary N) is 2. The molecule has 20 heavy (non-hydrogen) atoms. The van der Waals surface area contributed by atoms with Crippen molar-refractivity contribution in [1.82, 2.24) is 5.32 Å². The Morgan fingerprint density at radius 1 is 1.25 bits per heavy atom. The summed E-state index contributed by atoms with van der Waals surface area (Å²) < 4.78 is 13.6. The molecule has 1 aromatic rings. The molecule has 0 heterocycles. The first kappa shape index (κ1) is 16.1. The summed E-state index contributed by atoms with van der Waals surface area (Å²) in [7, 11) is 0. The summed E-state index contributed by atoms with van der Waals surface area (Å²) in [6.45, 7) is 8.59. The van der Waals surface area contributed by atoms with Crippen LogP contribution in [0.2, 0.25) is 0 Å². The maximum atomic E-state index is 13.6. The van der Waals surface area contributed by atoms with Gasteiger partial charge in [-0.05, 0) is 31.5 Å². The van der Waals surface area contributed by atoms with E-state index < -0.39 is 23.2 Å². The molecular weight excluding hydrogens is 259 g/mol. The van der Waals surface area contributed by atoms with Crippen LogP contribution in [0.25, 0.3) is 0 Å². The molecule has 0 aliphatic rings. The van der Waals surface area contributed by atoms with E-state index in [1.807, 2.05) is 0 Å². The van der Waals surface area contributed by atoms with Crippen molar-refractivity contribution in [2.75, 3.05) is 5.32 Å². The van der Waals surface area contributed by atoms with Gasteiger partial charge in [-0.1, -0.05) is 26.8 Å². The van der Waals surface area contributed by atoms with E-state index in [4.69, 9.17) is 0 Å². The van der Waals surface area contributed by atoms with Gasteiger partial charge in [-0.25, -0.2) is 4.39 Å². The van der Waals surface area contributed by atoms with E-state index in [9.17, 15) is 14.0 Å². The van der Waals surface area contributed by atoms with Crippen molar-refractivity contribution in [1.29, 1.82) is 0 Å². The predicted octanol–water partition coefficient (Wildman–Crippen LogP) is 2.62. The molecule has 1 unspecified atom stereocenters. The third-order valence-corrected chi connectivity index (χ3v) is 2.80. The largest absolute Gasteiger partial charge is 0.344 e. The van der Waals surface area contributed by atoms with Crippen LogP contribution in [0.5, 0.6) is 0 Å². The monoisotopic (exact) mass is 280 g/mol. The first-order chi connectivity index (χ1) is 9.11. The summed E-state index contributed by atoms with van der Waals surface area (Å²) in [6, 6.07) is 3.81. The van der Waals surface area contributed by atoms with Gasteiger partial charge in [0.2, 0.25) is 11.8 Å². The zero-order valence-corrected chi connectivity index (χ0v) is 12.5. The molecule has 0 saturated heterocycles. The van der Waals surface area contributed by atoms with Crippen molar-refractivity contribution in [2.24, 2.45) is 5.41 Å². The van der Waals surface area contributed by atoms with Gasteiger partial charge in [0.05, 0.1) is 5.69 Å². The van der Waals surface area contributed by atoms with Crippen LogP contribution in [0, 0.1) is 18.2 Å². The standard InChI is InChI=1S/C15H21FN2O2/c1-9-6-7-12(11(16)8-9)18-13(19)10(2)17-14(20)15(3,4)5/h6-8,10H,1-5H3,(H,17,20)(H,18,19). The average Bonchev–Trinajstić information content (AvgIpc) is 2.31. The van der Waals surface area contributed by atoms with E-state index in [1.54, 1.807) is 40.7 Å². The van der Waals surface area contributed by atoms with E-state index in [0.717, 1.165) is 5.56 Å². The van der Waals surface area contributed by atoms with Crippen LogP contribution in [0.15, 0.2) is 18.2 Å². The molecule has 0 bridgehead atoms. The number of carbonyl (C=O) groups excluding carboxylic acids is 2. The molecular formula is C15H21FN2O2. The number of halogens is 1. The second-order valence-corrected chi connectivity index (χ2v) is 5.92. The molecule has 0 aromatic heterocycles. The number of carbonyl (C=O) groups is 2. The maximum Gasteiger partial charge on any atom is 0.246 e. The molecule has 0 spiro atoms. The molecule has 1 atom stereocenters. The molecule has 1 rings (SSSR count). The van der Waals surface area contributed by atoms with Crippen molar-refractivity contribution < 1.29 is 14.0 Å². The van der Waals surface area contributed by atoms with Crippen LogP contribution in [0.3, 0.4) is 0 Å². The van der Waals surface area contributed by atoms with Gasteiger partial charge in [0.1, 0.15) is 11.9 Å². The second kappa shape index (κ2) is 6.03. The van der Waals surface area contributed by atoms with Crippen molar-refractivity contribution >= 4 is 17.5 Å². The van der Waals surface area contributed by atoms with Crippen LogP contribution < -0.4 is 10.6 Å². The van der Waals surface area contributed by atoms with Crippen LogP contribution in [0.1, 0.15) is 33.3 Å². The Hall–Kier alpha value is -1.91. The number of hydrogen-bond donors (Lipinski definition) is 2. The Morgan fingerprint density at radius 3 is 2.35 bits per heavy atom. The van der Waals surface area contributed by atoms with Crippen molar-refractivity contribution in [3.63, 3.8) is 0 Å². The molecule has 110 valence electrons. The van der Waals surface area contributed by atoms with Gasteiger partial charge in [0.25, 0.3) is 0 Å². The summed E-state index contributed by atoms with van der Waals surface area (Å²) >= 11 is 0. The molecule has 2 amide bonds. The van der Waals surface area contributed by atoms with Crippen LogP contribution in [-0.2, 0) is 9.59 Å². The third kappa shape index (κ3) is 4.33. The van der Waals surface area contributed by atoms with Crippen molar-refractivity contribution in [2.45, 2.75) is 40.7 Å². The van der Waals surface area contributed by atoms with E-state index in [2.05, 4.69) is 10.6 Å². The number of amides is 2. The first-order valence-corrected chi connectivity index (χ1v) is 6.49. The first-order valence-electron chi connectivity index (χ1n) is 6.49. The molecule has 1 aromatic carbocycles. The third-order valence-electron chi connectivity index (χ3n) is 2.80. The summed E-state index contributed by atoms with van der Waals surface area (Å²) in [5.74, 6) is -1.18. The minimum atomic E-state index is -0.734. The minimum Gasteiger partial charge on any atom is -0.344 e. The molecule has 0 aliphatic heterocycles. The number of rotatable bonds is 3. The zero-order valence-electron chi connectivity index (χ0n) is 12.5. The van der Waals surface area contributed by atoms with Gasteiger partial charge >= 0.3 is 0 Å². The van der Waals surface area contributed by atoms with Crippen LogP contribution in [-0.4, -0.2) is 17.9 Å². The van der Waals surface area contributed by atoms with Gasteiger partial charge < -0.3 is 10.6 Å². The highest BCUT2D eigenvalue weighted by Gasteiger charge is 2.25. The fourth-order valence-corrected chi connectivity index (χ4v) is 1.44. The minimum absolute atomic E-state index is 0.109. The molecule has 0 saturated carbocycles. The van der Waals surface area contributed by atoms with Gasteiger partial charge in [-0.15, -0.1) is 0 Å². The Labute approximate surface area is 118 Å². The van der Waals surface area contributed by atoms with E-state index in [0.29, 0.717) is 0 Å². The van der Waals surface area contributed by atoms with Gasteiger partial charge in [0.15, 0.2) is 0 Å². The number of benzene rings is 1. The molecule has 2 N–H and O–H groups in total. The smallest absolute Gasteiger partial charge is 0.246 e. The molecule has 0 aliphatic carbocycles. The average molecular weight is 280 g/mol. The zero-order chi connectivity index (χ0) is 15.5. The summed E-state index contributed by atoms with van der Waals surface area (Å²) in [6.07, 6.45) is 0. The highest BCUT2D eigenvalue weighted by molar-refractivity contribution is 5.97. The fraction of sp³-hybridized carbons (Fsp3) is 0.467. The Balaban J connectivity index is 2.69. The lowest BCUT2D eigenvalue weighted by Crippen LogP contribution is -2.46. The lowest BCUT2D eigenvalue weighted by molar-refractivity contribution is -0.131. The fourth-order valence-electron chi connectivity index (χ4n) is 1.44. The molecule has 4 nitrogen and oxygen atoms in total.